The molecule has 2 saturated heterocycles. The standard InChI is InChI=1S/C14H21N5O/c1-10-9-13(17-11(2)16-10)18-6-3-12(4-7-18)19-8-5-15-14(19)20/h9,12H,3-8H2,1-2H3,(H,15,20). The van der Waals surface area contributed by atoms with Gasteiger partial charge in [-0.1, -0.05) is 0 Å². The zero-order valence-electron chi connectivity index (χ0n) is 12.1. The molecule has 20 heavy (non-hydrogen) atoms. The van der Waals surface area contributed by atoms with Gasteiger partial charge in [-0.3, -0.25) is 0 Å². The van der Waals surface area contributed by atoms with E-state index in [2.05, 4.69) is 20.2 Å². The molecule has 0 bridgehead atoms. The van der Waals surface area contributed by atoms with Gasteiger partial charge >= 0.3 is 6.03 Å². The van der Waals surface area contributed by atoms with Crippen LogP contribution in [0.15, 0.2) is 6.07 Å². The van der Waals surface area contributed by atoms with Crippen molar-refractivity contribution in [2.24, 2.45) is 0 Å². The van der Waals surface area contributed by atoms with E-state index in [-0.39, 0.29) is 6.03 Å². The minimum Gasteiger partial charge on any atom is -0.356 e. The van der Waals surface area contributed by atoms with E-state index in [9.17, 15) is 4.79 Å². The van der Waals surface area contributed by atoms with Crippen LogP contribution in [0.5, 0.6) is 0 Å². The molecule has 0 radical (unpaired) electrons. The Kier molecular flexibility index (Phi) is 3.46. The second-order valence-electron chi connectivity index (χ2n) is 5.56. The molecule has 0 atom stereocenters. The van der Waals surface area contributed by atoms with Crippen LogP contribution in [0, 0.1) is 13.8 Å². The predicted molar refractivity (Wildman–Crippen MR) is 76.8 cm³/mol. The van der Waals surface area contributed by atoms with Gasteiger partial charge in [0.1, 0.15) is 11.6 Å². The Morgan fingerprint density at radius 1 is 1.20 bits per heavy atom. The maximum Gasteiger partial charge on any atom is 0.317 e. The summed E-state index contributed by atoms with van der Waals surface area (Å²) < 4.78 is 0. The minimum absolute atomic E-state index is 0.0946. The third-order valence-corrected chi connectivity index (χ3v) is 4.07. The average Bonchev–Trinajstić information content (AvgIpc) is 2.84. The predicted octanol–water partition coefficient (Wildman–Crippen LogP) is 1.09. The smallest absolute Gasteiger partial charge is 0.317 e. The second-order valence-corrected chi connectivity index (χ2v) is 5.56. The Bertz CT molecular complexity index is 490. The first kappa shape index (κ1) is 13.1. The van der Waals surface area contributed by atoms with Crippen molar-refractivity contribution in [1.82, 2.24) is 20.2 Å². The highest BCUT2D eigenvalue weighted by Crippen LogP contribution is 2.22. The van der Waals surface area contributed by atoms with Gasteiger partial charge in [0, 0.05) is 44.0 Å². The van der Waals surface area contributed by atoms with Gasteiger partial charge in [0.25, 0.3) is 0 Å². The number of nitrogens with one attached hydrogen (secondary N) is 1. The highest BCUT2D eigenvalue weighted by atomic mass is 16.2. The van der Waals surface area contributed by atoms with Crippen LogP contribution in [0.4, 0.5) is 10.6 Å². The SMILES string of the molecule is Cc1cc(N2CCC(N3CCNC3=O)CC2)nc(C)n1. The van der Waals surface area contributed by atoms with Crippen LogP contribution >= 0.6 is 0 Å². The largest absolute Gasteiger partial charge is 0.356 e. The van der Waals surface area contributed by atoms with E-state index in [1.54, 1.807) is 0 Å². The first-order valence-electron chi connectivity index (χ1n) is 7.25. The molecular formula is C14H21N5O. The van der Waals surface area contributed by atoms with Gasteiger partial charge in [-0.05, 0) is 26.7 Å². The number of rotatable bonds is 2. The first-order valence-corrected chi connectivity index (χ1v) is 7.25. The van der Waals surface area contributed by atoms with Crippen molar-refractivity contribution in [3.63, 3.8) is 0 Å². The Morgan fingerprint density at radius 2 is 1.95 bits per heavy atom. The van der Waals surface area contributed by atoms with Crippen molar-refractivity contribution < 1.29 is 4.79 Å². The van der Waals surface area contributed by atoms with E-state index in [1.165, 1.54) is 0 Å². The molecule has 0 aliphatic carbocycles. The van der Waals surface area contributed by atoms with Crippen LogP contribution in [0.3, 0.4) is 0 Å². The van der Waals surface area contributed by atoms with Crippen LogP contribution in [-0.2, 0) is 0 Å². The lowest BCUT2D eigenvalue weighted by Crippen LogP contribution is -2.46. The van der Waals surface area contributed by atoms with Gasteiger partial charge in [-0.2, -0.15) is 0 Å². The molecule has 2 fully saturated rings. The van der Waals surface area contributed by atoms with Crippen LogP contribution in [0.2, 0.25) is 0 Å². The Hall–Kier alpha value is -1.85. The highest BCUT2D eigenvalue weighted by Gasteiger charge is 2.30. The molecule has 3 rings (SSSR count). The van der Waals surface area contributed by atoms with E-state index in [1.807, 2.05) is 24.8 Å². The number of urea groups is 1. The fourth-order valence-electron chi connectivity index (χ4n) is 3.10. The molecule has 6 nitrogen and oxygen atoms in total. The molecule has 0 unspecified atom stereocenters. The number of piperidine rings is 1. The monoisotopic (exact) mass is 275 g/mol. The molecule has 108 valence electrons. The van der Waals surface area contributed by atoms with Gasteiger partial charge in [0.2, 0.25) is 0 Å². The summed E-state index contributed by atoms with van der Waals surface area (Å²) in [5.41, 5.74) is 1.01. The van der Waals surface area contributed by atoms with Crippen LogP contribution in [-0.4, -0.2) is 53.1 Å². The lowest BCUT2D eigenvalue weighted by molar-refractivity contribution is 0.186. The quantitative estimate of drug-likeness (QED) is 0.877. The number of hydrogen-bond donors (Lipinski definition) is 1. The first-order chi connectivity index (χ1) is 9.63. The highest BCUT2D eigenvalue weighted by molar-refractivity contribution is 5.76. The average molecular weight is 275 g/mol. The summed E-state index contributed by atoms with van der Waals surface area (Å²) in [6.45, 7) is 7.45. The molecule has 0 saturated carbocycles. The van der Waals surface area contributed by atoms with Crippen molar-refractivity contribution in [3.05, 3.63) is 17.6 Å². The van der Waals surface area contributed by atoms with Crippen LogP contribution in [0.1, 0.15) is 24.4 Å². The van der Waals surface area contributed by atoms with E-state index in [4.69, 9.17) is 0 Å². The summed E-state index contributed by atoms with van der Waals surface area (Å²) in [5.74, 6) is 1.83. The Balaban J connectivity index is 1.64. The number of hydrogen-bond acceptors (Lipinski definition) is 4. The van der Waals surface area contributed by atoms with Crippen molar-refractivity contribution in [1.29, 1.82) is 0 Å². The van der Waals surface area contributed by atoms with E-state index >= 15 is 0 Å². The van der Waals surface area contributed by atoms with Crippen molar-refractivity contribution in [3.8, 4) is 0 Å². The van der Waals surface area contributed by atoms with Gasteiger partial charge in [0.15, 0.2) is 0 Å². The second kappa shape index (κ2) is 5.26. The Labute approximate surface area is 119 Å². The number of amides is 2. The van der Waals surface area contributed by atoms with Crippen molar-refractivity contribution in [2.45, 2.75) is 32.7 Å². The molecule has 1 aromatic heterocycles. The maximum atomic E-state index is 11.7. The number of nitrogens with zero attached hydrogens (tertiary/aromatic N) is 4. The molecule has 6 heteroatoms. The third kappa shape index (κ3) is 2.55. The van der Waals surface area contributed by atoms with Gasteiger partial charge < -0.3 is 15.1 Å². The molecule has 2 amide bonds. The summed E-state index contributed by atoms with van der Waals surface area (Å²) in [7, 11) is 0. The number of anilines is 1. The number of aromatic nitrogens is 2. The normalized spacial score (nSPS) is 20.4. The molecule has 2 aliphatic rings. The molecular weight excluding hydrogens is 254 g/mol. The molecule has 1 aromatic rings. The number of carbonyl (C=O) groups excluding carboxylic acids is 1. The van der Waals surface area contributed by atoms with E-state index in [0.717, 1.165) is 56.4 Å². The molecule has 2 aliphatic heterocycles. The van der Waals surface area contributed by atoms with Crippen LogP contribution in [0.25, 0.3) is 0 Å². The summed E-state index contributed by atoms with van der Waals surface area (Å²) >= 11 is 0. The molecule has 3 heterocycles. The van der Waals surface area contributed by atoms with Gasteiger partial charge in [-0.15, -0.1) is 0 Å². The van der Waals surface area contributed by atoms with E-state index in [0.29, 0.717) is 6.04 Å². The lowest BCUT2D eigenvalue weighted by Gasteiger charge is -2.36. The molecule has 1 N–H and O–H groups in total. The van der Waals surface area contributed by atoms with E-state index < -0.39 is 0 Å². The maximum absolute atomic E-state index is 11.7. The van der Waals surface area contributed by atoms with Gasteiger partial charge in [0.05, 0.1) is 0 Å². The molecule has 0 aromatic carbocycles. The fourth-order valence-corrected chi connectivity index (χ4v) is 3.10. The number of aryl methyl sites for hydroxylation is 2. The third-order valence-electron chi connectivity index (χ3n) is 4.07. The molecule has 0 spiro atoms. The fraction of sp³-hybridized carbons (Fsp3) is 0.643. The summed E-state index contributed by atoms with van der Waals surface area (Å²) in [6.07, 6.45) is 2.02. The van der Waals surface area contributed by atoms with Crippen LogP contribution < -0.4 is 10.2 Å². The number of carbonyl (C=O) groups is 1. The summed E-state index contributed by atoms with van der Waals surface area (Å²) in [5, 5.41) is 2.88. The zero-order valence-corrected chi connectivity index (χ0v) is 12.1. The Morgan fingerprint density at radius 3 is 2.55 bits per heavy atom. The topological polar surface area (TPSA) is 61.4 Å². The summed E-state index contributed by atoms with van der Waals surface area (Å²) in [4.78, 5) is 24.8. The van der Waals surface area contributed by atoms with Crippen molar-refractivity contribution in [2.75, 3.05) is 31.1 Å². The van der Waals surface area contributed by atoms with Crippen molar-refractivity contribution >= 4 is 11.8 Å². The zero-order chi connectivity index (χ0) is 14.1. The lowest BCUT2D eigenvalue weighted by atomic mass is 10.0. The van der Waals surface area contributed by atoms with Gasteiger partial charge in [-0.25, -0.2) is 14.8 Å². The summed E-state index contributed by atoms with van der Waals surface area (Å²) in [6, 6.07) is 2.51. The minimum atomic E-state index is 0.0946.